The largest absolute Gasteiger partial charge is 0.456 e. The lowest BCUT2D eigenvalue weighted by Crippen LogP contribution is -2.14. The Kier molecular flexibility index (Phi) is 8.20. The Bertz CT molecular complexity index is 3550. The monoisotopic (exact) mass is 792 g/mol. The fraction of sp³-hybridized carbons (Fsp3) is 0.0508. The number of rotatable bonds is 6. The van der Waals surface area contributed by atoms with Crippen LogP contribution in [0.1, 0.15) is 25.0 Å². The summed E-state index contributed by atoms with van der Waals surface area (Å²) in [5, 5.41) is 4.62. The number of aromatic nitrogens is 2. The van der Waals surface area contributed by atoms with Gasteiger partial charge in [-0.2, -0.15) is 0 Å². The summed E-state index contributed by atoms with van der Waals surface area (Å²) in [5.41, 5.74) is 18.7. The zero-order chi connectivity index (χ0) is 41.4. The predicted molar refractivity (Wildman–Crippen MR) is 257 cm³/mol. The van der Waals surface area contributed by atoms with Crippen molar-refractivity contribution < 1.29 is 4.42 Å². The van der Waals surface area contributed by atoms with E-state index in [4.69, 9.17) is 14.4 Å². The summed E-state index contributed by atoms with van der Waals surface area (Å²) in [6.45, 7) is 4.67. The van der Waals surface area contributed by atoms with Crippen LogP contribution >= 0.6 is 0 Å². The van der Waals surface area contributed by atoms with Gasteiger partial charge >= 0.3 is 0 Å². The van der Waals surface area contributed by atoms with Crippen LogP contribution in [0.25, 0.3) is 111 Å². The summed E-state index contributed by atoms with van der Waals surface area (Å²) in [5.74, 6) is 0.684. The topological polar surface area (TPSA) is 38.9 Å². The van der Waals surface area contributed by atoms with Gasteiger partial charge in [0, 0.05) is 32.9 Å². The highest BCUT2D eigenvalue weighted by molar-refractivity contribution is 6.07. The van der Waals surface area contributed by atoms with Gasteiger partial charge < -0.3 is 4.42 Å². The number of hydrogen-bond acceptors (Lipinski definition) is 3. The normalized spacial score (nSPS) is 12.8. The van der Waals surface area contributed by atoms with Crippen LogP contribution in [0, 0.1) is 0 Å². The molecule has 0 N–H and O–H groups in total. The van der Waals surface area contributed by atoms with E-state index in [2.05, 4.69) is 202 Å². The van der Waals surface area contributed by atoms with Crippen LogP contribution in [0.15, 0.2) is 211 Å². The van der Waals surface area contributed by atoms with Gasteiger partial charge in [-0.05, 0) is 115 Å². The molecule has 0 unspecified atom stereocenters. The van der Waals surface area contributed by atoms with E-state index in [1.54, 1.807) is 0 Å². The lowest BCUT2D eigenvalue weighted by Gasteiger charge is -2.21. The van der Waals surface area contributed by atoms with E-state index >= 15 is 0 Å². The molecule has 0 atom stereocenters. The van der Waals surface area contributed by atoms with Crippen LogP contribution in [0.4, 0.5) is 0 Å². The smallest absolute Gasteiger partial charge is 0.160 e. The van der Waals surface area contributed by atoms with Crippen molar-refractivity contribution in [2.75, 3.05) is 0 Å². The molecule has 0 fully saturated rings. The van der Waals surface area contributed by atoms with Crippen LogP contribution in [0.2, 0.25) is 0 Å². The third kappa shape index (κ3) is 5.89. The van der Waals surface area contributed by atoms with Gasteiger partial charge in [0.2, 0.25) is 0 Å². The SMILES string of the molecule is CC1(C)c2ccccc2-c2c(-c3cccc(-c4cc(-c5cc(-c6ccc7oc8ccccc8c7c6)cc(-c6cccc7ccccc67)c5)nc(-c5ccccc5)n4)c3)cccc21. The Labute approximate surface area is 360 Å². The van der Waals surface area contributed by atoms with Crippen LogP contribution in [0.3, 0.4) is 0 Å². The lowest BCUT2D eigenvalue weighted by atomic mass is 9.82. The van der Waals surface area contributed by atoms with Crippen LogP contribution in [-0.4, -0.2) is 9.97 Å². The molecule has 9 aromatic carbocycles. The fourth-order valence-corrected chi connectivity index (χ4v) is 9.78. The van der Waals surface area contributed by atoms with Crippen molar-refractivity contribution in [3.05, 3.63) is 217 Å². The first-order valence-corrected chi connectivity index (χ1v) is 21.3. The molecular weight excluding hydrogens is 753 g/mol. The molecule has 292 valence electrons. The lowest BCUT2D eigenvalue weighted by molar-refractivity contribution is 0.660. The average molecular weight is 793 g/mol. The molecule has 0 saturated heterocycles. The number of para-hydroxylation sites is 1. The van der Waals surface area contributed by atoms with E-state index < -0.39 is 0 Å². The van der Waals surface area contributed by atoms with Gasteiger partial charge in [-0.25, -0.2) is 9.97 Å². The Morgan fingerprint density at radius 2 is 0.952 bits per heavy atom. The minimum absolute atomic E-state index is 0.0802. The highest BCUT2D eigenvalue weighted by Gasteiger charge is 2.36. The number of benzene rings is 9. The molecule has 0 aliphatic heterocycles. The van der Waals surface area contributed by atoms with E-state index in [0.717, 1.165) is 72.3 Å². The minimum atomic E-state index is -0.0802. The van der Waals surface area contributed by atoms with Gasteiger partial charge in [0.25, 0.3) is 0 Å². The van der Waals surface area contributed by atoms with Gasteiger partial charge in [-0.15, -0.1) is 0 Å². The van der Waals surface area contributed by atoms with E-state index in [9.17, 15) is 0 Å². The van der Waals surface area contributed by atoms with E-state index in [1.165, 1.54) is 44.2 Å². The molecule has 12 rings (SSSR count). The van der Waals surface area contributed by atoms with Gasteiger partial charge in [0.15, 0.2) is 5.82 Å². The summed E-state index contributed by atoms with van der Waals surface area (Å²) < 4.78 is 6.25. The van der Waals surface area contributed by atoms with Crippen molar-refractivity contribution in [1.82, 2.24) is 9.97 Å². The van der Waals surface area contributed by atoms with E-state index in [1.807, 2.05) is 18.2 Å². The van der Waals surface area contributed by atoms with Crippen molar-refractivity contribution in [3.63, 3.8) is 0 Å². The maximum atomic E-state index is 6.25. The Hall–Kier alpha value is -7.88. The van der Waals surface area contributed by atoms with Crippen molar-refractivity contribution in [1.29, 1.82) is 0 Å². The maximum absolute atomic E-state index is 6.25. The molecule has 3 nitrogen and oxygen atoms in total. The van der Waals surface area contributed by atoms with Gasteiger partial charge in [0.05, 0.1) is 11.4 Å². The van der Waals surface area contributed by atoms with Gasteiger partial charge in [0.1, 0.15) is 11.2 Å². The molecule has 11 aromatic rings. The number of nitrogens with zero attached hydrogens (tertiary/aromatic N) is 2. The molecule has 0 spiro atoms. The third-order valence-corrected chi connectivity index (χ3v) is 12.9. The second-order valence-corrected chi connectivity index (χ2v) is 16.9. The van der Waals surface area contributed by atoms with Crippen molar-refractivity contribution >= 4 is 32.7 Å². The van der Waals surface area contributed by atoms with E-state index in [-0.39, 0.29) is 5.41 Å². The summed E-state index contributed by atoms with van der Waals surface area (Å²) in [6.07, 6.45) is 0. The molecule has 1 aliphatic carbocycles. The zero-order valence-corrected chi connectivity index (χ0v) is 34.4. The first kappa shape index (κ1) is 36.0. The molecule has 0 radical (unpaired) electrons. The quantitative estimate of drug-likeness (QED) is 0.168. The predicted octanol–water partition coefficient (Wildman–Crippen LogP) is 15.8. The number of furan rings is 1. The Balaban J connectivity index is 1.06. The van der Waals surface area contributed by atoms with Gasteiger partial charge in [-0.1, -0.05) is 172 Å². The fourth-order valence-electron chi connectivity index (χ4n) is 9.78. The number of fused-ring (bicyclic) bond motifs is 7. The first-order chi connectivity index (χ1) is 30.5. The molecule has 2 heterocycles. The highest BCUT2D eigenvalue weighted by Crippen LogP contribution is 2.52. The minimum Gasteiger partial charge on any atom is -0.456 e. The molecule has 2 aromatic heterocycles. The molecule has 0 bridgehead atoms. The summed E-state index contributed by atoms with van der Waals surface area (Å²) >= 11 is 0. The second-order valence-electron chi connectivity index (χ2n) is 16.9. The zero-order valence-electron chi connectivity index (χ0n) is 34.4. The van der Waals surface area contributed by atoms with Crippen LogP contribution < -0.4 is 0 Å². The molecule has 3 heteroatoms. The highest BCUT2D eigenvalue weighted by atomic mass is 16.3. The van der Waals surface area contributed by atoms with Crippen molar-refractivity contribution in [3.8, 4) is 78.4 Å². The number of hydrogen-bond donors (Lipinski definition) is 0. The van der Waals surface area contributed by atoms with Crippen LogP contribution in [-0.2, 0) is 5.41 Å². The van der Waals surface area contributed by atoms with E-state index in [0.29, 0.717) is 5.82 Å². The molecule has 1 aliphatic rings. The summed E-state index contributed by atoms with van der Waals surface area (Å²) in [6, 6.07) is 73.8. The standard InChI is InChI=1S/C59H40N2O/c1-59(2)51-26-10-8-23-49(51)57-47(25-14-27-52(57)59)40-19-12-20-41(31-40)53-36-54(61-58(60-53)38-16-4-3-5-17-38)44-33-42(32-43(34-44)46-24-13-18-37-15-6-7-21-45(37)46)39-29-30-56-50(35-39)48-22-9-11-28-55(48)62-56/h3-36H,1-2H3. The maximum Gasteiger partial charge on any atom is 0.160 e. The van der Waals surface area contributed by atoms with Crippen LogP contribution in [0.5, 0.6) is 0 Å². The molecule has 0 saturated carbocycles. The molecule has 62 heavy (non-hydrogen) atoms. The summed E-state index contributed by atoms with van der Waals surface area (Å²) in [7, 11) is 0. The average Bonchev–Trinajstić information content (AvgIpc) is 3.82. The molecular formula is C59H40N2O. The Morgan fingerprint density at radius 1 is 0.355 bits per heavy atom. The van der Waals surface area contributed by atoms with Crippen molar-refractivity contribution in [2.24, 2.45) is 0 Å². The second kappa shape index (κ2) is 14.1. The third-order valence-electron chi connectivity index (χ3n) is 12.9. The summed E-state index contributed by atoms with van der Waals surface area (Å²) in [4.78, 5) is 10.7. The first-order valence-electron chi connectivity index (χ1n) is 21.3. The van der Waals surface area contributed by atoms with Crippen molar-refractivity contribution in [2.45, 2.75) is 19.3 Å². The Morgan fingerprint density at radius 3 is 1.85 bits per heavy atom. The van der Waals surface area contributed by atoms with Gasteiger partial charge in [-0.3, -0.25) is 0 Å². The molecule has 0 amide bonds.